The summed E-state index contributed by atoms with van der Waals surface area (Å²) in [6.45, 7) is 0.912. The van der Waals surface area contributed by atoms with Gasteiger partial charge in [0, 0.05) is 40.4 Å². The Balaban J connectivity index is 1.27. The second-order valence-corrected chi connectivity index (χ2v) is 9.03. The van der Waals surface area contributed by atoms with Crippen LogP contribution >= 0.6 is 23.2 Å². The first-order valence-electron chi connectivity index (χ1n) is 10.3. The topological polar surface area (TPSA) is 61.4 Å². The number of amides is 2. The highest BCUT2D eigenvalue weighted by atomic mass is 35.5. The van der Waals surface area contributed by atoms with Gasteiger partial charge in [0.25, 0.3) is 0 Å². The highest BCUT2D eigenvalue weighted by Crippen LogP contribution is 2.37. The molecule has 2 N–H and O–H groups in total. The van der Waals surface area contributed by atoms with Crippen molar-refractivity contribution >= 4 is 40.7 Å². The monoisotopic (exact) mass is 445 g/mol. The maximum absolute atomic E-state index is 12.4. The van der Waals surface area contributed by atoms with Gasteiger partial charge in [-0.2, -0.15) is 0 Å². The van der Waals surface area contributed by atoms with Crippen LogP contribution < -0.4 is 10.6 Å². The predicted molar refractivity (Wildman–Crippen MR) is 120 cm³/mol. The molecule has 2 amide bonds. The minimum atomic E-state index is -0.335. The Morgan fingerprint density at radius 1 is 0.933 bits per heavy atom. The summed E-state index contributed by atoms with van der Waals surface area (Å²) in [6.07, 6.45) is 3.96. The number of piperidine rings is 1. The van der Waals surface area contributed by atoms with E-state index in [0.717, 1.165) is 37.3 Å². The van der Waals surface area contributed by atoms with Gasteiger partial charge >= 0.3 is 0 Å². The Bertz CT molecular complexity index is 905. The maximum atomic E-state index is 12.4. The Morgan fingerprint density at radius 2 is 1.63 bits per heavy atom. The smallest absolute Gasteiger partial charge is 0.233 e. The fraction of sp³-hybridized carbons (Fsp3) is 0.391. The number of hydrogen-bond acceptors (Lipinski definition) is 3. The fourth-order valence-electron chi connectivity index (χ4n) is 4.65. The quantitative estimate of drug-likeness (QED) is 0.636. The number of halogens is 2. The fourth-order valence-corrected chi connectivity index (χ4v) is 4.96. The van der Waals surface area contributed by atoms with Gasteiger partial charge in [-0.25, -0.2) is 0 Å². The Hall–Kier alpha value is -2.08. The lowest BCUT2D eigenvalue weighted by Crippen LogP contribution is -2.50. The Labute approximate surface area is 186 Å². The number of anilines is 1. The SMILES string of the molecule is O=C(CC(=O)NC1CC2CCC(C1)N2Cc1ccc(Cl)cc1)Nc1cccc(Cl)c1. The summed E-state index contributed by atoms with van der Waals surface area (Å²) in [6, 6.07) is 16.0. The summed E-state index contributed by atoms with van der Waals surface area (Å²) >= 11 is 11.9. The molecule has 0 spiro atoms. The molecule has 0 saturated carbocycles. The van der Waals surface area contributed by atoms with E-state index in [-0.39, 0.29) is 24.3 Å². The summed E-state index contributed by atoms with van der Waals surface area (Å²) in [7, 11) is 0. The molecular weight excluding hydrogens is 421 g/mol. The van der Waals surface area contributed by atoms with Gasteiger partial charge in [0.1, 0.15) is 6.42 Å². The first-order valence-corrected chi connectivity index (χ1v) is 11.1. The number of benzene rings is 2. The number of nitrogens with one attached hydrogen (secondary N) is 2. The first-order chi connectivity index (χ1) is 14.5. The molecule has 2 aliphatic rings. The summed E-state index contributed by atoms with van der Waals surface area (Å²) < 4.78 is 0. The molecule has 2 aromatic rings. The van der Waals surface area contributed by atoms with Crippen molar-refractivity contribution in [1.82, 2.24) is 10.2 Å². The summed E-state index contributed by atoms with van der Waals surface area (Å²) in [5.41, 5.74) is 1.85. The van der Waals surface area contributed by atoms with Crippen molar-refractivity contribution in [2.45, 2.75) is 56.8 Å². The maximum Gasteiger partial charge on any atom is 0.233 e. The van der Waals surface area contributed by atoms with Crippen LogP contribution in [0.1, 0.15) is 37.7 Å². The van der Waals surface area contributed by atoms with Crippen molar-refractivity contribution in [1.29, 1.82) is 0 Å². The van der Waals surface area contributed by atoms with Gasteiger partial charge in [0.15, 0.2) is 0 Å². The molecule has 0 aliphatic carbocycles. The lowest BCUT2D eigenvalue weighted by atomic mass is 9.96. The molecule has 30 heavy (non-hydrogen) atoms. The van der Waals surface area contributed by atoms with Crippen molar-refractivity contribution in [3.63, 3.8) is 0 Å². The predicted octanol–water partition coefficient (Wildman–Crippen LogP) is 4.63. The number of rotatable bonds is 6. The van der Waals surface area contributed by atoms with Gasteiger partial charge in [0.2, 0.25) is 11.8 Å². The summed E-state index contributed by atoms with van der Waals surface area (Å²) in [5, 5.41) is 7.08. The van der Waals surface area contributed by atoms with Crippen LogP contribution in [0.5, 0.6) is 0 Å². The van der Waals surface area contributed by atoms with E-state index >= 15 is 0 Å². The Morgan fingerprint density at radius 3 is 2.30 bits per heavy atom. The average Bonchev–Trinajstić information content (AvgIpc) is 2.92. The normalized spacial score (nSPS) is 23.2. The van der Waals surface area contributed by atoms with E-state index < -0.39 is 0 Å². The second-order valence-electron chi connectivity index (χ2n) is 8.15. The summed E-state index contributed by atoms with van der Waals surface area (Å²) in [5.74, 6) is -0.567. The van der Waals surface area contributed by atoms with Crippen LogP contribution in [0.3, 0.4) is 0 Å². The molecule has 2 saturated heterocycles. The van der Waals surface area contributed by atoms with Gasteiger partial charge in [-0.05, 0) is 61.6 Å². The third-order valence-electron chi connectivity index (χ3n) is 5.96. The zero-order valence-corrected chi connectivity index (χ0v) is 18.1. The molecule has 0 aromatic heterocycles. The number of fused-ring (bicyclic) bond motifs is 2. The molecule has 2 bridgehead atoms. The number of carbonyl (C=O) groups is 2. The molecule has 2 aromatic carbocycles. The van der Waals surface area contributed by atoms with E-state index in [1.54, 1.807) is 24.3 Å². The van der Waals surface area contributed by atoms with Crippen molar-refractivity contribution < 1.29 is 9.59 Å². The Kier molecular flexibility index (Phi) is 6.61. The zero-order chi connectivity index (χ0) is 21.1. The van der Waals surface area contributed by atoms with Gasteiger partial charge in [0.05, 0.1) is 0 Å². The molecule has 158 valence electrons. The van der Waals surface area contributed by atoms with Crippen LogP contribution in [-0.4, -0.2) is 34.8 Å². The van der Waals surface area contributed by atoms with Crippen molar-refractivity contribution in [2.24, 2.45) is 0 Å². The molecule has 0 radical (unpaired) electrons. The van der Waals surface area contributed by atoms with Crippen molar-refractivity contribution in [3.8, 4) is 0 Å². The molecule has 2 fully saturated rings. The van der Waals surface area contributed by atoms with Crippen LogP contribution in [0.25, 0.3) is 0 Å². The number of hydrogen-bond donors (Lipinski definition) is 2. The van der Waals surface area contributed by atoms with E-state index in [4.69, 9.17) is 23.2 Å². The van der Waals surface area contributed by atoms with Gasteiger partial charge in [-0.15, -0.1) is 0 Å². The molecule has 2 atom stereocenters. The minimum absolute atomic E-state index is 0.121. The van der Waals surface area contributed by atoms with Crippen LogP contribution in [0.2, 0.25) is 10.0 Å². The van der Waals surface area contributed by atoms with E-state index in [2.05, 4.69) is 27.7 Å². The minimum Gasteiger partial charge on any atom is -0.353 e. The molecule has 2 aliphatic heterocycles. The lowest BCUT2D eigenvalue weighted by Gasteiger charge is -2.39. The molecule has 7 heteroatoms. The van der Waals surface area contributed by atoms with E-state index in [1.165, 1.54) is 5.56 Å². The molecule has 2 heterocycles. The number of nitrogens with zero attached hydrogens (tertiary/aromatic N) is 1. The highest BCUT2D eigenvalue weighted by Gasteiger charge is 2.40. The molecule has 2 unspecified atom stereocenters. The second kappa shape index (κ2) is 9.38. The standard InChI is InChI=1S/C23H25Cl2N3O2/c24-16-6-4-15(5-7-16)14-28-20-8-9-21(28)12-19(11-20)27-23(30)13-22(29)26-18-3-1-2-17(25)10-18/h1-7,10,19-21H,8-9,11-14H2,(H,26,29)(H,27,30). The van der Waals surface area contributed by atoms with Gasteiger partial charge in [-0.3, -0.25) is 14.5 Å². The third-order valence-corrected chi connectivity index (χ3v) is 6.44. The third kappa shape index (κ3) is 5.34. The summed E-state index contributed by atoms with van der Waals surface area (Å²) in [4.78, 5) is 27.1. The van der Waals surface area contributed by atoms with Crippen LogP contribution in [-0.2, 0) is 16.1 Å². The van der Waals surface area contributed by atoms with Crippen LogP contribution in [0.15, 0.2) is 48.5 Å². The van der Waals surface area contributed by atoms with Crippen LogP contribution in [0, 0.1) is 0 Å². The zero-order valence-electron chi connectivity index (χ0n) is 16.6. The highest BCUT2D eigenvalue weighted by molar-refractivity contribution is 6.31. The van der Waals surface area contributed by atoms with Crippen LogP contribution in [0.4, 0.5) is 5.69 Å². The first kappa shape index (κ1) is 21.2. The average molecular weight is 446 g/mol. The van der Waals surface area contributed by atoms with E-state index in [1.807, 2.05) is 12.1 Å². The van der Waals surface area contributed by atoms with Crippen molar-refractivity contribution in [3.05, 3.63) is 64.1 Å². The van der Waals surface area contributed by atoms with Gasteiger partial charge in [-0.1, -0.05) is 41.4 Å². The molecule has 4 rings (SSSR count). The van der Waals surface area contributed by atoms with Crippen molar-refractivity contribution in [2.75, 3.05) is 5.32 Å². The largest absolute Gasteiger partial charge is 0.353 e. The van der Waals surface area contributed by atoms with E-state index in [0.29, 0.717) is 22.8 Å². The molecular formula is C23H25Cl2N3O2. The van der Waals surface area contributed by atoms with Gasteiger partial charge < -0.3 is 10.6 Å². The number of carbonyl (C=O) groups excluding carboxylic acids is 2. The van der Waals surface area contributed by atoms with E-state index in [9.17, 15) is 9.59 Å². The lowest BCUT2D eigenvalue weighted by molar-refractivity contribution is -0.127. The molecule has 5 nitrogen and oxygen atoms in total.